The molecule has 0 radical (unpaired) electrons. The van der Waals surface area contributed by atoms with Crippen LogP contribution in [-0.2, 0) is 10.3 Å². The molecule has 5 heteroatoms. The number of fused-ring (bicyclic) bond motifs is 4. The third kappa shape index (κ3) is 3.22. The van der Waals surface area contributed by atoms with E-state index in [9.17, 15) is 4.79 Å². The number of hydrogen-bond donors (Lipinski definition) is 0. The first-order chi connectivity index (χ1) is 15.8. The van der Waals surface area contributed by atoms with Crippen LogP contribution >= 0.6 is 0 Å². The zero-order valence-corrected chi connectivity index (χ0v) is 19.2. The SMILES string of the molecule is O=C(C1CCCCC1)N1c2nc(-c3ccccc3)nn2C2(CCCCC2)C2CCCCC21. The maximum atomic E-state index is 14.0. The lowest BCUT2D eigenvalue weighted by atomic mass is 9.64. The number of nitrogens with zero attached hydrogens (tertiary/aromatic N) is 4. The number of benzene rings is 1. The van der Waals surface area contributed by atoms with E-state index in [0.29, 0.717) is 17.9 Å². The molecule has 1 aromatic heterocycles. The first kappa shape index (κ1) is 20.4. The van der Waals surface area contributed by atoms with Crippen LogP contribution in [0.5, 0.6) is 0 Å². The van der Waals surface area contributed by atoms with Crippen molar-refractivity contribution in [1.82, 2.24) is 14.8 Å². The fourth-order valence-corrected chi connectivity index (χ4v) is 7.38. The minimum atomic E-state index is 0.0437. The van der Waals surface area contributed by atoms with Gasteiger partial charge in [0.15, 0.2) is 5.82 Å². The zero-order chi connectivity index (χ0) is 21.5. The highest BCUT2D eigenvalue weighted by Gasteiger charge is 2.55. The van der Waals surface area contributed by atoms with E-state index in [0.717, 1.165) is 36.6 Å². The topological polar surface area (TPSA) is 51.0 Å². The van der Waals surface area contributed by atoms with E-state index in [4.69, 9.17) is 10.1 Å². The lowest BCUT2D eigenvalue weighted by molar-refractivity contribution is -0.125. The predicted octanol–water partition coefficient (Wildman–Crippen LogP) is 6.09. The van der Waals surface area contributed by atoms with Crippen LogP contribution in [0, 0.1) is 11.8 Å². The quantitative estimate of drug-likeness (QED) is 0.577. The van der Waals surface area contributed by atoms with E-state index >= 15 is 0 Å². The molecule has 1 aliphatic heterocycles. The van der Waals surface area contributed by atoms with E-state index in [2.05, 4.69) is 33.8 Å². The summed E-state index contributed by atoms with van der Waals surface area (Å²) < 4.78 is 2.27. The van der Waals surface area contributed by atoms with Crippen molar-refractivity contribution in [1.29, 1.82) is 0 Å². The van der Waals surface area contributed by atoms with Crippen molar-refractivity contribution in [3.63, 3.8) is 0 Å². The number of carbonyl (C=O) groups excluding carboxylic acids is 1. The van der Waals surface area contributed by atoms with Crippen molar-refractivity contribution in [3.8, 4) is 11.4 Å². The van der Waals surface area contributed by atoms with Gasteiger partial charge in [-0.05, 0) is 38.5 Å². The molecule has 0 N–H and O–H groups in total. The van der Waals surface area contributed by atoms with Crippen molar-refractivity contribution in [2.45, 2.75) is 101 Å². The largest absolute Gasteiger partial charge is 0.277 e. The first-order valence-electron chi connectivity index (χ1n) is 13.1. The summed E-state index contributed by atoms with van der Waals surface area (Å²) >= 11 is 0. The molecule has 2 atom stereocenters. The highest BCUT2D eigenvalue weighted by Crippen LogP contribution is 2.53. The second-order valence-corrected chi connectivity index (χ2v) is 10.7. The molecule has 2 unspecified atom stereocenters. The maximum absolute atomic E-state index is 14.0. The molecule has 2 aromatic rings. The lowest BCUT2D eigenvalue weighted by Crippen LogP contribution is -2.62. The van der Waals surface area contributed by atoms with Crippen LogP contribution in [0.1, 0.15) is 89.9 Å². The van der Waals surface area contributed by atoms with Crippen LogP contribution in [0.4, 0.5) is 5.95 Å². The standard InChI is InChI=1S/C27H36N4O/c32-25(21-14-6-2-7-15-21)30-23-17-9-8-16-22(23)27(18-10-3-11-19-27)31-26(30)28-24(29-31)20-12-4-1-5-13-20/h1,4-5,12-13,21-23H,2-3,6-11,14-19H2. The van der Waals surface area contributed by atoms with Gasteiger partial charge in [0, 0.05) is 23.4 Å². The number of aromatic nitrogens is 3. The Morgan fingerprint density at radius 1 is 0.844 bits per heavy atom. The van der Waals surface area contributed by atoms with E-state index in [1.807, 2.05) is 6.07 Å². The molecular weight excluding hydrogens is 396 g/mol. The van der Waals surface area contributed by atoms with E-state index < -0.39 is 0 Å². The molecule has 0 bridgehead atoms. The van der Waals surface area contributed by atoms with Crippen LogP contribution in [0.3, 0.4) is 0 Å². The fourth-order valence-electron chi connectivity index (χ4n) is 7.38. The molecule has 170 valence electrons. The summed E-state index contributed by atoms with van der Waals surface area (Å²) in [6.07, 6.45) is 16.8. The Hall–Kier alpha value is -2.17. The average Bonchev–Trinajstić information content (AvgIpc) is 3.32. The first-order valence-corrected chi connectivity index (χ1v) is 13.1. The monoisotopic (exact) mass is 432 g/mol. The van der Waals surface area contributed by atoms with E-state index in [-0.39, 0.29) is 11.5 Å². The van der Waals surface area contributed by atoms with Gasteiger partial charge in [0.05, 0.1) is 5.54 Å². The summed E-state index contributed by atoms with van der Waals surface area (Å²) in [6, 6.07) is 10.6. The highest BCUT2D eigenvalue weighted by atomic mass is 16.2. The van der Waals surface area contributed by atoms with Gasteiger partial charge in [-0.25, -0.2) is 4.68 Å². The second kappa shape index (κ2) is 8.31. The third-order valence-corrected chi connectivity index (χ3v) is 8.92. The van der Waals surface area contributed by atoms with Gasteiger partial charge >= 0.3 is 0 Å². The molecule has 0 saturated heterocycles. The number of anilines is 1. The predicted molar refractivity (Wildman–Crippen MR) is 126 cm³/mol. The van der Waals surface area contributed by atoms with Crippen molar-refractivity contribution in [3.05, 3.63) is 30.3 Å². The Bertz CT molecular complexity index is 955. The molecule has 5 nitrogen and oxygen atoms in total. The second-order valence-electron chi connectivity index (χ2n) is 10.7. The number of hydrogen-bond acceptors (Lipinski definition) is 3. The number of amides is 1. The van der Waals surface area contributed by atoms with Crippen molar-refractivity contribution in [2.75, 3.05) is 4.90 Å². The zero-order valence-electron chi connectivity index (χ0n) is 19.2. The van der Waals surface area contributed by atoms with E-state index in [1.54, 1.807) is 0 Å². The van der Waals surface area contributed by atoms with Crippen LogP contribution < -0.4 is 4.90 Å². The summed E-state index contributed by atoms with van der Waals surface area (Å²) in [5.41, 5.74) is 1.09. The van der Waals surface area contributed by atoms with Gasteiger partial charge in [0.2, 0.25) is 11.9 Å². The van der Waals surface area contributed by atoms with Gasteiger partial charge in [0.1, 0.15) is 0 Å². The highest BCUT2D eigenvalue weighted by molar-refractivity contribution is 5.95. The Kier molecular flexibility index (Phi) is 5.31. The van der Waals surface area contributed by atoms with Crippen molar-refractivity contribution < 1.29 is 4.79 Å². The Morgan fingerprint density at radius 2 is 1.53 bits per heavy atom. The number of carbonyl (C=O) groups is 1. The van der Waals surface area contributed by atoms with Crippen LogP contribution in [-0.4, -0.2) is 26.7 Å². The van der Waals surface area contributed by atoms with Crippen molar-refractivity contribution in [2.24, 2.45) is 11.8 Å². The summed E-state index contributed by atoms with van der Waals surface area (Å²) in [7, 11) is 0. The molecule has 4 aliphatic rings. The summed E-state index contributed by atoms with van der Waals surface area (Å²) in [5, 5.41) is 5.18. The molecule has 6 rings (SSSR count). The summed E-state index contributed by atoms with van der Waals surface area (Å²) in [5.74, 6) is 2.65. The van der Waals surface area contributed by atoms with E-state index in [1.165, 1.54) is 70.6 Å². The molecule has 32 heavy (non-hydrogen) atoms. The molecule has 3 saturated carbocycles. The Balaban J connectivity index is 1.50. The van der Waals surface area contributed by atoms with Gasteiger partial charge in [-0.15, -0.1) is 5.10 Å². The molecule has 1 spiro atoms. The summed E-state index contributed by atoms with van der Waals surface area (Å²) in [6.45, 7) is 0. The molecular formula is C27H36N4O. The van der Waals surface area contributed by atoms with Crippen LogP contribution in [0.25, 0.3) is 11.4 Å². The van der Waals surface area contributed by atoms with Gasteiger partial charge in [-0.3, -0.25) is 9.69 Å². The minimum absolute atomic E-state index is 0.0437. The van der Waals surface area contributed by atoms with Gasteiger partial charge < -0.3 is 0 Å². The maximum Gasteiger partial charge on any atom is 0.232 e. The molecule has 1 aromatic carbocycles. The van der Waals surface area contributed by atoms with Crippen LogP contribution in [0.2, 0.25) is 0 Å². The normalized spacial score (nSPS) is 27.7. The number of rotatable bonds is 2. The van der Waals surface area contributed by atoms with Gasteiger partial charge in [-0.1, -0.05) is 81.7 Å². The molecule has 3 aliphatic carbocycles. The van der Waals surface area contributed by atoms with Gasteiger partial charge in [-0.2, -0.15) is 4.98 Å². The smallest absolute Gasteiger partial charge is 0.232 e. The third-order valence-electron chi connectivity index (χ3n) is 8.92. The lowest BCUT2D eigenvalue weighted by Gasteiger charge is -2.55. The Morgan fingerprint density at radius 3 is 2.31 bits per heavy atom. The van der Waals surface area contributed by atoms with Crippen molar-refractivity contribution >= 4 is 11.9 Å². The molecule has 1 amide bonds. The van der Waals surface area contributed by atoms with Crippen LogP contribution in [0.15, 0.2) is 30.3 Å². The minimum Gasteiger partial charge on any atom is -0.277 e. The average molecular weight is 433 g/mol. The van der Waals surface area contributed by atoms with Gasteiger partial charge in [0.25, 0.3) is 0 Å². The summed E-state index contributed by atoms with van der Waals surface area (Å²) in [4.78, 5) is 21.3. The fraction of sp³-hybridized carbons (Fsp3) is 0.667. The molecule has 2 heterocycles. The Labute approximate surface area is 191 Å². The molecule has 3 fully saturated rings.